The number of ether oxygens (including phenoxy) is 1. The van der Waals surface area contributed by atoms with Crippen LogP contribution in [0.3, 0.4) is 0 Å². The van der Waals surface area contributed by atoms with Gasteiger partial charge in [0.2, 0.25) is 15.9 Å². The Kier molecular flexibility index (Phi) is 12.7. The minimum Gasteiger partial charge on any atom is -0.493 e. The summed E-state index contributed by atoms with van der Waals surface area (Å²) in [5.74, 6) is -0.279. The van der Waals surface area contributed by atoms with Crippen LogP contribution in [-0.2, 0) is 21.3 Å². The van der Waals surface area contributed by atoms with E-state index in [1.54, 1.807) is 19.1 Å². The molecule has 1 unspecified atom stereocenters. The van der Waals surface area contributed by atoms with Crippen molar-refractivity contribution in [3.05, 3.63) is 45.7 Å². The number of aromatic nitrogens is 1. The molecule has 0 radical (unpaired) electrons. The van der Waals surface area contributed by atoms with E-state index in [1.807, 2.05) is 13.0 Å². The van der Waals surface area contributed by atoms with Gasteiger partial charge in [0, 0.05) is 25.2 Å². The molecule has 0 saturated carbocycles. The fourth-order valence-corrected chi connectivity index (χ4v) is 5.74. The molecule has 2 aromatic rings. The quantitative estimate of drug-likeness (QED) is 0.227. The minimum atomic E-state index is -3.99. The fourth-order valence-electron chi connectivity index (χ4n) is 4.18. The highest BCUT2D eigenvalue weighted by molar-refractivity contribution is 7.89. The monoisotopic (exact) mass is 561 g/mol. The molecule has 0 aliphatic rings. The number of benzene rings is 1. The predicted molar refractivity (Wildman–Crippen MR) is 148 cm³/mol. The fraction of sp³-hybridized carbons (Fsp3) is 0.556. The molecule has 39 heavy (non-hydrogen) atoms. The standard InChI is InChI=1S/C27H39N5O6S/c1-5-8-11-21(6-2)19-32-26(34)22(18-28)20(4)25(27(32)35)30-29-23-12-9-10-13-24(23)39(36,37)31(7-3)14-16-38-17-15-33/h9-10,12-13,21,33-34H,5-8,11,14-17,19H2,1-4H3. The molecule has 0 bridgehead atoms. The molecule has 0 saturated heterocycles. The average Bonchev–Trinajstić information content (AvgIpc) is 2.93. The number of hydrogen-bond donors (Lipinski definition) is 2. The van der Waals surface area contributed by atoms with Crippen LogP contribution >= 0.6 is 0 Å². The lowest BCUT2D eigenvalue weighted by molar-refractivity contribution is 0.0860. The average molecular weight is 562 g/mol. The third-order valence-corrected chi connectivity index (χ3v) is 8.59. The number of aromatic hydroxyl groups is 1. The van der Waals surface area contributed by atoms with E-state index in [0.717, 1.165) is 30.3 Å². The Morgan fingerprint density at radius 3 is 2.51 bits per heavy atom. The van der Waals surface area contributed by atoms with Crippen molar-refractivity contribution in [3.8, 4) is 11.9 Å². The van der Waals surface area contributed by atoms with Crippen LogP contribution in [0.15, 0.2) is 44.2 Å². The third-order valence-electron chi connectivity index (χ3n) is 6.57. The summed E-state index contributed by atoms with van der Waals surface area (Å²) in [5, 5.41) is 37.6. The Bertz CT molecular complexity index is 1330. The molecule has 2 N–H and O–H groups in total. The van der Waals surface area contributed by atoms with Crippen molar-refractivity contribution < 1.29 is 23.4 Å². The molecular formula is C27H39N5O6S. The van der Waals surface area contributed by atoms with E-state index in [4.69, 9.17) is 9.84 Å². The second-order valence-electron chi connectivity index (χ2n) is 9.12. The normalized spacial score (nSPS) is 12.7. The number of sulfonamides is 1. The van der Waals surface area contributed by atoms with Crippen molar-refractivity contribution in [3.63, 3.8) is 0 Å². The van der Waals surface area contributed by atoms with Gasteiger partial charge in [-0.3, -0.25) is 9.36 Å². The van der Waals surface area contributed by atoms with Crippen LogP contribution in [-0.4, -0.2) is 60.4 Å². The smallest absolute Gasteiger partial charge is 0.281 e. The van der Waals surface area contributed by atoms with Gasteiger partial charge in [-0.1, -0.05) is 52.2 Å². The molecule has 214 valence electrons. The lowest BCUT2D eigenvalue weighted by Crippen LogP contribution is -2.34. The Labute approximate surface area is 230 Å². The summed E-state index contributed by atoms with van der Waals surface area (Å²) in [6, 6.07) is 8.00. The number of azo groups is 1. The van der Waals surface area contributed by atoms with E-state index in [2.05, 4.69) is 17.2 Å². The lowest BCUT2D eigenvalue weighted by Gasteiger charge is -2.21. The number of likely N-dealkylation sites (N-methyl/N-ethyl adjacent to an activating group) is 1. The summed E-state index contributed by atoms with van der Waals surface area (Å²) in [4.78, 5) is 13.3. The van der Waals surface area contributed by atoms with Crippen molar-refractivity contribution in [1.29, 1.82) is 5.26 Å². The van der Waals surface area contributed by atoms with Gasteiger partial charge in [-0.05, 0) is 31.4 Å². The van der Waals surface area contributed by atoms with E-state index in [0.29, 0.717) is 0 Å². The van der Waals surface area contributed by atoms with Gasteiger partial charge in [-0.25, -0.2) is 8.42 Å². The van der Waals surface area contributed by atoms with Gasteiger partial charge >= 0.3 is 0 Å². The van der Waals surface area contributed by atoms with Crippen LogP contribution in [0.2, 0.25) is 0 Å². The summed E-state index contributed by atoms with van der Waals surface area (Å²) < 4.78 is 34.4. The summed E-state index contributed by atoms with van der Waals surface area (Å²) in [7, 11) is -3.99. The number of aliphatic hydroxyl groups is 1. The molecule has 0 fully saturated rings. The second-order valence-corrected chi connectivity index (χ2v) is 11.0. The van der Waals surface area contributed by atoms with Crippen molar-refractivity contribution in [2.75, 3.05) is 32.9 Å². The highest BCUT2D eigenvalue weighted by Crippen LogP contribution is 2.31. The highest BCUT2D eigenvalue weighted by Gasteiger charge is 2.26. The number of hydrogen-bond acceptors (Lipinski definition) is 9. The van der Waals surface area contributed by atoms with Gasteiger partial charge in [0.05, 0.1) is 19.8 Å². The Hall–Kier alpha value is -3.11. The first-order valence-electron chi connectivity index (χ1n) is 13.2. The van der Waals surface area contributed by atoms with Crippen LogP contribution in [0.4, 0.5) is 11.4 Å². The van der Waals surface area contributed by atoms with E-state index in [1.165, 1.54) is 23.4 Å². The van der Waals surface area contributed by atoms with Crippen molar-refractivity contribution in [2.24, 2.45) is 16.1 Å². The summed E-state index contributed by atoms with van der Waals surface area (Å²) in [6.07, 6.45) is 3.64. The summed E-state index contributed by atoms with van der Waals surface area (Å²) >= 11 is 0. The third kappa shape index (κ3) is 7.95. The van der Waals surface area contributed by atoms with Crippen molar-refractivity contribution in [2.45, 2.75) is 64.8 Å². The van der Waals surface area contributed by atoms with Crippen LogP contribution in [0, 0.1) is 24.2 Å². The molecule has 1 heterocycles. The molecule has 1 aromatic heterocycles. The minimum absolute atomic E-state index is 0.0264. The van der Waals surface area contributed by atoms with E-state index in [-0.39, 0.29) is 72.8 Å². The van der Waals surface area contributed by atoms with E-state index in [9.17, 15) is 23.6 Å². The molecule has 0 spiro atoms. The Balaban J connectivity index is 2.53. The molecule has 0 aliphatic heterocycles. The number of nitrogens with zero attached hydrogens (tertiary/aromatic N) is 5. The van der Waals surface area contributed by atoms with Crippen LogP contribution in [0.5, 0.6) is 5.88 Å². The molecule has 0 aliphatic carbocycles. The van der Waals surface area contributed by atoms with Crippen LogP contribution in [0.25, 0.3) is 0 Å². The van der Waals surface area contributed by atoms with Gasteiger partial charge in [0.25, 0.3) is 5.56 Å². The number of aliphatic hydroxyl groups excluding tert-OH is 1. The lowest BCUT2D eigenvalue weighted by atomic mass is 9.99. The second kappa shape index (κ2) is 15.5. The van der Waals surface area contributed by atoms with E-state index < -0.39 is 21.5 Å². The van der Waals surface area contributed by atoms with E-state index >= 15 is 0 Å². The zero-order chi connectivity index (χ0) is 29.0. The molecule has 0 amide bonds. The molecule has 1 aromatic carbocycles. The zero-order valence-corrected chi connectivity index (χ0v) is 23.9. The zero-order valence-electron chi connectivity index (χ0n) is 23.1. The van der Waals surface area contributed by atoms with Crippen molar-refractivity contribution >= 4 is 21.4 Å². The predicted octanol–water partition coefficient (Wildman–Crippen LogP) is 4.39. The maximum absolute atomic E-state index is 13.4. The van der Waals surface area contributed by atoms with Gasteiger partial charge in [0.15, 0.2) is 5.69 Å². The molecular weight excluding hydrogens is 522 g/mol. The van der Waals surface area contributed by atoms with Gasteiger partial charge in [-0.2, -0.15) is 9.57 Å². The number of nitriles is 1. The SMILES string of the molecule is CCCCC(CC)Cn1c(O)c(C#N)c(C)c(N=Nc2ccccc2S(=O)(=O)N(CC)CCOCCO)c1=O. The van der Waals surface area contributed by atoms with Gasteiger partial charge in [0.1, 0.15) is 22.2 Å². The highest BCUT2D eigenvalue weighted by atomic mass is 32.2. The first kappa shape index (κ1) is 32.1. The first-order valence-corrected chi connectivity index (χ1v) is 14.7. The van der Waals surface area contributed by atoms with Gasteiger partial charge in [-0.15, -0.1) is 10.2 Å². The van der Waals surface area contributed by atoms with Gasteiger partial charge < -0.3 is 14.9 Å². The maximum Gasteiger partial charge on any atom is 0.281 e. The first-order chi connectivity index (χ1) is 18.7. The topological polar surface area (TPSA) is 158 Å². The number of pyridine rings is 1. The molecule has 1 atom stereocenters. The largest absolute Gasteiger partial charge is 0.493 e. The molecule has 2 rings (SSSR count). The van der Waals surface area contributed by atoms with Crippen LogP contribution in [0.1, 0.15) is 57.6 Å². The maximum atomic E-state index is 13.4. The Morgan fingerprint density at radius 2 is 1.90 bits per heavy atom. The van der Waals surface area contributed by atoms with Crippen LogP contribution < -0.4 is 5.56 Å². The molecule has 12 heteroatoms. The summed E-state index contributed by atoms with van der Waals surface area (Å²) in [6.45, 7) is 7.83. The number of rotatable bonds is 16. The summed E-state index contributed by atoms with van der Waals surface area (Å²) in [5.41, 5.74) is -0.613. The number of unbranched alkanes of at least 4 members (excludes halogenated alkanes) is 1. The Morgan fingerprint density at radius 1 is 1.18 bits per heavy atom. The molecule has 11 nitrogen and oxygen atoms in total. The van der Waals surface area contributed by atoms with Crippen molar-refractivity contribution in [1.82, 2.24) is 8.87 Å².